The van der Waals surface area contributed by atoms with Gasteiger partial charge in [-0.25, -0.2) is 8.42 Å². The zero-order valence-electron chi connectivity index (χ0n) is 13.1. The van der Waals surface area contributed by atoms with Crippen molar-refractivity contribution in [3.8, 4) is 0 Å². The number of nitrogens with zero attached hydrogens (tertiary/aromatic N) is 1. The van der Waals surface area contributed by atoms with E-state index in [2.05, 4.69) is 4.72 Å². The monoisotopic (exact) mass is 364 g/mol. The van der Waals surface area contributed by atoms with E-state index in [9.17, 15) is 13.2 Å². The summed E-state index contributed by atoms with van der Waals surface area (Å²) in [7, 11) is -3.54. The maximum absolute atomic E-state index is 12.3. The summed E-state index contributed by atoms with van der Waals surface area (Å²) in [4.78, 5) is 13.3. The number of hydrogen-bond donors (Lipinski definition) is 1. The van der Waals surface area contributed by atoms with Gasteiger partial charge in [0.15, 0.2) is 0 Å². The van der Waals surface area contributed by atoms with E-state index in [1.807, 2.05) is 0 Å². The van der Waals surface area contributed by atoms with Crippen LogP contribution in [-0.2, 0) is 27.0 Å². The summed E-state index contributed by atoms with van der Waals surface area (Å²) < 4.78 is 27.3. The SMILES string of the molecule is CC(=O)N1CCc2cc(NS(=O)(=O)Cc3cccc(Cl)c3)ccc21. The fourth-order valence-corrected chi connectivity index (χ4v) is 4.24. The van der Waals surface area contributed by atoms with Crippen LogP contribution in [-0.4, -0.2) is 20.9 Å². The number of benzene rings is 2. The molecule has 0 bridgehead atoms. The fourth-order valence-electron chi connectivity index (χ4n) is 2.85. The van der Waals surface area contributed by atoms with Crippen LogP contribution in [0.3, 0.4) is 0 Å². The van der Waals surface area contributed by atoms with Crippen LogP contribution >= 0.6 is 11.6 Å². The molecule has 7 heteroatoms. The predicted octanol–water partition coefficient (Wildman–Crippen LogP) is 3.19. The maximum atomic E-state index is 12.3. The number of rotatable bonds is 4. The molecule has 0 unspecified atom stereocenters. The number of halogens is 1. The number of sulfonamides is 1. The first-order chi connectivity index (χ1) is 11.3. The molecule has 3 rings (SSSR count). The van der Waals surface area contributed by atoms with E-state index in [4.69, 9.17) is 11.6 Å². The van der Waals surface area contributed by atoms with Gasteiger partial charge in [-0.2, -0.15) is 0 Å². The topological polar surface area (TPSA) is 66.5 Å². The number of carbonyl (C=O) groups is 1. The molecule has 1 N–H and O–H groups in total. The van der Waals surface area contributed by atoms with E-state index in [-0.39, 0.29) is 11.7 Å². The van der Waals surface area contributed by atoms with E-state index in [0.717, 1.165) is 17.7 Å². The van der Waals surface area contributed by atoms with E-state index < -0.39 is 10.0 Å². The molecule has 5 nitrogen and oxygen atoms in total. The molecule has 0 radical (unpaired) electrons. The third kappa shape index (κ3) is 3.71. The Bertz CT molecular complexity index is 896. The second kappa shape index (κ2) is 6.45. The van der Waals surface area contributed by atoms with Crippen LogP contribution in [0.2, 0.25) is 5.02 Å². The second-order valence-corrected chi connectivity index (χ2v) is 7.91. The summed E-state index contributed by atoms with van der Waals surface area (Å²) in [5.74, 6) is -0.160. The van der Waals surface area contributed by atoms with Crippen LogP contribution in [0.25, 0.3) is 0 Å². The molecule has 0 fully saturated rings. The first-order valence-corrected chi connectivity index (χ1v) is 9.53. The van der Waals surface area contributed by atoms with Crippen molar-refractivity contribution in [1.29, 1.82) is 0 Å². The van der Waals surface area contributed by atoms with Crippen LogP contribution in [0, 0.1) is 0 Å². The van der Waals surface area contributed by atoms with Gasteiger partial charge >= 0.3 is 0 Å². The molecule has 0 spiro atoms. The normalized spacial score (nSPS) is 13.7. The summed E-state index contributed by atoms with van der Waals surface area (Å²) in [6.07, 6.45) is 0.721. The molecule has 1 aliphatic rings. The first-order valence-electron chi connectivity index (χ1n) is 7.50. The standard InChI is InChI=1S/C17H17ClN2O3S/c1-12(21)20-8-7-14-10-16(5-6-17(14)20)19-24(22,23)11-13-3-2-4-15(18)9-13/h2-6,9-10,19H,7-8,11H2,1H3. The fraction of sp³-hybridized carbons (Fsp3) is 0.235. The Morgan fingerprint density at radius 2 is 2.04 bits per heavy atom. The molecule has 1 amide bonds. The molecule has 1 aliphatic heterocycles. The predicted molar refractivity (Wildman–Crippen MR) is 95.9 cm³/mol. The van der Waals surface area contributed by atoms with Crippen molar-refractivity contribution in [2.45, 2.75) is 19.1 Å². The molecule has 0 aromatic heterocycles. The minimum absolute atomic E-state index is 0.0111. The maximum Gasteiger partial charge on any atom is 0.236 e. The smallest absolute Gasteiger partial charge is 0.236 e. The van der Waals surface area contributed by atoms with Gasteiger partial charge in [0.25, 0.3) is 0 Å². The Balaban J connectivity index is 1.77. The summed E-state index contributed by atoms with van der Waals surface area (Å²) in [6.45, 7) is 2.15. The number of anilines is 2. The zero-order valence-corrected chi connectivity index (χ0v) is 14.7. The van der Waals surface area contributed by atoms with E-state index in [1.165, 1.54) is 6.92 Å². The van der Waals surface area contributed by atoms with Crippen molar-refractivity contribution in [3.63, 3.8) is 0 Å². The zero-order chi connectivity index (χ0) is 17.3. The molecule has 1 heterocycles. The Labute approximate surface area is 146 Å². The molecule has 0 aliphatic carbocycles. The Morgan fingerprint density at radius 1 is 1.25 bits per heavy atom. The quantitative estimate of drug-likeness (QED) is 0.906. The van der Waals surface area contributed by atoms with Gasteiger partial charge in [0.2, 0.25) is 15.9 Å². The lowest BCUT2D eigenvalue weighted by atomic mass is 10.1. The number of hydrogen-bond acceptors (Lipinski definition) is 3. The highest BCUT2D eigenvalue weighted by Crippen LogP contribution is 2.31. The minimum atomic E-state index is -3.54. The lowest BCUT2D eigenvalue weighted by molar-refractivity contribution is -0.116. The van der Waals surface area contributed by atoms with Crippen molar-refractivity contribution >= 4 is 38.9 Å². The van der Waals surface area contributed by atoms with Crippen molar-refractivity contribution in [2.24, 2.45) is 0 Å². The number of carbonyl (C=O) groups excluding carboxylic acids is 1. The van der Waals surface area contributed by atoms with Gasteiger partial charge < -0.3 is 4.90 Å². The van der Waals surface area contributed by atoms with E-state index >= 15 is 0 Å². The largest absolute Gasteiger partial charge is 0.312 e. The van der Waals surface area contributed by atoms with Gasteiger partial charge in [-0.05, 0) is 47.9 Å². The third-order valence-corrected chi connectivity index (χ3v) is 5.37. The average Bonchev–Trinajstić information content (AvgIpc) is 2.89. The second-order valence-electron chi connectivity index (χ2n) is 5.76. The molecule has 0 atom stereocenters. The van der Waals surface area contributed by atoms with Gasteiger partial charge in [-0.3, -0.25) is 9.52 Å². The van der Waals surface area contributed by atoms with Gasteiger partial charge in [0, 0.05) is 29.9 Å². The van der Waals surface area contributed by atoms with E-state index in [1.54, 1.807) is 47.4 Å². The molecule has 126 valence electrons. The molecular formula is C17H17ClN2O3S. The van der Waals surface area contributed by atoms with E-state index in [0.29, 0.717) is 22.8 Å². The Kier molecular flexibility index (Phi) is 4.51. The molecule has 2 aromatic carbocycles. The van der Waals surface area contributed by atoms with Crippen LogP contribution in [0.1, 0.15) is 18.1 Å². The molecule has 24 heavy (non-hydrogen) atoms. The van der Waals surface area contributed by atoms with Crippen LogP contribution in [0.5, 0.6) is 0 Å². The number of fused-ring (bicyclic) bond motifs is 1. The van der Waals surface area contributed by atoms with Crippen LogP contribution in [0.15, 0.2) is 42.5 Å². The Hall–Kier alpha value is -2.05. The molecular weight excluding hydrogens is 348 g/mol. The highest BCUT2D eigenvalue weighted by molar-refractivity contribution is 7.91. The van der Waals surface area contributed by atoms with Crippen molar-refractivity contribution in [3.05, 3.63) is 58.6 Å². The van der Waals surface area contributed by atoms with Crippen LogP contribution < -0.4 is 9.62 Å². The summed E-state index contributed by atoms with van der Waals surface area (Å²) in [6, 6.07) is 12.0. The highest BCUT2D eigenvalue weighted by Gasteiger charge is 2.23. The Morgan fingerprint density at radius 3 is 2.75 bits per heavy atom. The average molecular weight is 365 g/mol. The van der Waals surface area contributed by atoms with Crippen molar-refractivity contribution < 1.29 is 13.2 Å². The summed E-state index contributed by atoms with van der Waals surface area (Å²) >= 11 is 5.89. The van der Waals surface area contributed by atoms with Crippen LogP contribution in [0.4, 0.5) is 11.4 Å². The highest BCUT2D eigenvalue weighted by atomic mass is 35.5. The summed E-state index contributed by atoms with van der Waals surface area (Å²) in [5.41, 5.74) is 2.94. The third-order valence-electron chi connectivity index (χ3n) is 3.87. The molecule has 2 aromatic rings. The van der Waals surface area contributed by atoms with Crippen molar-refractivity contribution in [2.75, 3.05) is 16.2 Å². The van der Waals surface area contributed by atoms with Gasteiger partial charge in [-0.1, -0.05) is 23.7 Å². The number of nitrogens with one attached hydrogen (secondary N) is 1. The van der Waals surface area contributed by atoms with Gasteiger partial charge in [0.05, 0.1) is 5.75 Å². The lowest BCUT2D eigenvalue weighted by Crippen LogP contribution is -2.25. The van der Waals surface area contributed by atoms with Gasteiger partial charge in [0.1, 0.15) is 0 Å². The molecule has 0 saturated carbocycles. The first kappa shape index (κ1) is 16.8. The minimum Gasteiger partial charge on any atom is -0.312 e. The van der Waals surface area contributed by atoms with Gasteiger partial charge in [-0.15, -0.1) is 0 Å². The number of amides is 1. The summed E-state index contributed by atoms with van der Waals surface area (Å²) in [5, 5.41) is 0.504. The molecule has 0 saturated heterocycles. The van der Waals surface area contributed by atoms with Crippen molar-refractivity contribution in [1.82, 2.24) is 0 Å². The lowest BCUT2D eigenvalue weighted by Gasteiger charge is -2.15.